The van der Waals surface area contributed by atoms with Gasteiger partial charge in [-0.3, -0.25) is 4.98 Å². The van der Waals surface area contributed by atoms with Gasteiger partial charge in [0.05, 0.1) is 16.5 Å². The van der Waals surface area contributed by atoms with Crippen LogP contribution in [0.2, 0.25) is 0 Å². The standard InChI is InChI=1S/C22H22N4O2S/c1-17(5-6-18-7-9-19(15-23)10-8-18)25-13-14-26-29(27,28)22-4-2-3-20-16-24-12-11-21(20)22/h2-12,16-17,25-26H,13-14H2,1H3. The van der Waals surface area contributed by atoms with Crippen molar-refractivity contribution in [2.45, 2.75) is 17.9 Å². The second-order valence-corrected chi connectivity index (χ2v) is 8.32. The van der Waals surface area contributed by atoms with Gasteiger partial charge in [-0.15, -0.1) is 0 Å². The Kier molecular flexibility index (Phi) is 6.73. The summed E-state index contributed by atoms with van der Waals surface area (Å²) in [5.74, 6) is 0. The molecule has 0 amide bonds. The maximum atomic E-state index is 12.7. The Labute approximate surface area is 171 Å². The van der Waals surface area contributed by atoms with E-state index in [1.54, 1.807) is 42.7 Å². The predicted molar refractivity (Wildman–Crippen MR) is 115 cm³/mol. The Morgan fingerprint density at radius 2 is 1.93 bits per heavy atom. The van der Waals surface area contributed by atoms with E-state index in [2.05, 4.69) is 21.1 Å². The van der Waals surface area contributed by atoms with Gasteiger partial charge in [0.15, 0.2) is 0 Å². The Morgan fingerprint density at radius 3 is 2.69 bits per heavy atom. The summed E-state index contributed by atoms with van der Waals surface area (Å²) >= 11 is 0. The third-order valence-electron chi connectivity index (χ3n) is 4.43. The highest BCUT2D eigenvalue weighted by molar-refractivity contribution is 7.89. The van der Waals surface area contributed by atoms with E-state index < -0.39 is 10.0 Å². The van der Waals surface area contributed by atoms with E-state index >= 15 is 0 Å². The van der Waals surface area contributed by atoms with Gasteiger partial charge < -0.3 is 5.32 Å². The van der Waals surface area contributed by atoms with Crippen molar-refractivity contribution < 1.29 is 8.42 Å². The number of fused-ring (bicyclic) bond motifs is 1. The molecular formula is C22H22N4O2S. The lowest BCUT2D eigenvalue weighted by atomic mass is 10.1. The van der Waals surface area contributed by atoms with Gasteiger partial charge in [-0.05, 0) is 36.8 Å². The van der Waals surface area contributed by atoms with Gasteiger partial charge >= 0.3 is 0 Å². The van der Waals surface area contributed by atoms with Crippen LogP contribution in [0, 0.1) is 11.3 Å². The molecule has 1 atom stereocenters. The summed E-state index contributed by atoms with van der Waals surface area (Å²) in [4.78, 5) is 4.29. The van der Waals surface area contributed by atoms with E-state index in [4.69, 9.17) is 5.26 Å². The van der Waals surface area contributed by atoms with E-state index in [1.807, 2.05) is 37.3 Å². The molecule has 0 bridgehead atoms. The maximum absolute atomic E-state index is 12.7. The molecule has 29 heavy (non-hydrogen) atoms. The fourth-order valence-corrected chi connectivity index (χ4v) is 4.14. The second kappa shape index (κ2) is 9.43. The largest absolute Gasteiger partial charge is 0.309 e. The van der Waals surface area contributed by atoms with E-state index in [1.165, 1.54) is 0 Å². The zero-order valence-electron chi connectivity index (χ0n) is 16.0. The predicted octanol–water partition coefficient (Wildman–Crippen LogP) is 3.08. The number of nitriles is 1. The molecule has 1 heterocycles. The third kappa shape index (κ3) is 5.48. The fraction of sp³-hybridized carbons (Fsp3) is 0.182. The summed E-state index contributed by atoms with van der Waals surface area (Å²) in [6.07, 6.45) is 7.20. The molecule has 0 saturated heterocycles. The van der Waals surface area contributed by atoms with Crippen molar-refractivity contribution in [1.29, 1.82) is 5.26 Å². The molecule has 0 radical (unpaired) electrons. The summed E-state index contributed by atoms with van der Waals surface area (Å²) in [5.41, 5.74) is 1.63. The summed E-state index contributed by atoms with van der Waals surface area (Å²) in [5, 5.41) is 13.5. The van der Waals surface area contributed by atoms with Crippen LogP contribution in [0.25, 0.3) is 16.8 Å². The first kappa shape index (κ1) is 20.7. The molecule has 6 nitrogen and oxygen atoms in total. The Bertz CT molecular complexity index is 1140. The first-order valence-corrected chi connectivity index (χ1v) is 10.7. The van der Waals surface area contributed by atoms with Crippen molar-refractivity contribution in [3.05, 3.63) is 78.1 Å². The lowest BCUT2D eigenvalue weighted by molar-refractivity contribution is 0.571. The van der Waals surface area contributed by atoms with Crippen molar-refractivity contribution in [2.24, 2.45) is 0 Å². The molecule has 1 aromatic heterocycles. The van der Waals surface area contributed by atoms with Gasteiger partial charge in [0.2, 0.25) is 10.0 Å². The van der Waals surface area contributed by atoms with Crippen molar-refractivity contribution in [3.63, 3.8) is 0 Å². The molecule has 3 aromatic rings. The molecule has 0 spiro atoms. The highest BCUT2D eigenvalue weighted by atomic mass is 32.2. The monoisotopic (exact) mass is 406 g/mol. The SMILES string of the molecule is CC(C=Cc1ccc(C#N)cc1)NCCNS(=O)(=O)c1cccc2cnccc12. The van der Waals surface area contributed by atoms with E-state index in [0.29, 0.717) is 17.5 Å². The fourth-order valence-electron chi connectivity index (χ4n) is 2.88. The van der Waals surface area contributed by atoms with Gasteiger partial charge in [0.1, 0.15) is 0 Å². The van der Waals surface area contributed by atoms with E-state index in [-0.39, 0.29) is 17.5 Å². The van der Waals surface area contributed by atoms with Crippen LogP contribution in [0.5, 0.6) is 0 Å². The summed E-state index contributed by atoms with van der Waals surface area (Å²) in [7, 11) is -3.61. The molecule has 0 aliphatic rings. The number of nitrogens with one attached hydrogen (secondary N) is 2. The van der Waals surface area contributed by atoms with Gasteiger partial charge in [-0.1, -0.05) is 36.4 Å². The molecule has 7 heteroatoms. The average molecular weight is 407 g/mol. The number of aromatic nitrogens is 1. The Hall–Kier alpha value is -3.05. The van der Waals surface area contributed by atoms with Crippen LogP contribution in [0.1, 0.15) is 18.1 Å². The second-order valence-electron chi connectivity index (χ2n) is 6.59. The molecule has 0 aliphatic heterocycles. The highest BCUT2D eigenvalue weighted by Gasteiger charge is 2.16. The quantitative estimate of drug-likeness (QED) is 0.561. The zero-order valence-corrected chi connectivity index (χ0v) is 16.9. The van der Waals surface area contributed by atoms with Crippen molar-refractivity contribution in [2.75, 3.05) is 13.1 Å². The normalized spacial score (nSPS) is 12.8. The highest BCUT2D eigenvalue weighted by Crippen LogP contribution is 2.21. The Balaban J connectivity index is 1.52. The van der Waals surface area contributed by atoms with Crippen LogP contribution in [0.4, 0.5) is 0 Å². The van der Waals surface area contributed by atoms with E-state index in [9.17, 15) is 8.42 Å². The number of hydrogen-bond acceptors (Lipinski definition) is 5. The van der Waals surface area contributed by atoms with Crippen LogP contribution in [0.3, 0.4) is 0 Å². The van der Waals surface area contributed by atoms with Gasteiger partial charge in [-0.25, -0.2) is 13.1 Å². The molecule has 1 unspecified atom stereocenters. The molecule has 148 valence electrons. The van der Waals surface area contributed by atoms with Crippen LogP contribution < -0.4 is 10.0 Å². The number of nitrogens with zero attached hydrogens (tertiary/aromatic N) is 2. The maximum Gasteiger partial charge on any atom is 0.241 e. The van der Waals surface area contributed by atoms with Crippen LogP contribution in [-0.2, 0) is 10.0 Å². The minimum Gasteiger partial charge on any atom is -0.309 e. The molecule has 0 fully saturated rings. The van der Waals surface area contributed by atoms with Crippen molar-refractivity contribution >= 4 is 26.9 Å². The smallest absolute Gasteiger partial charge is 0.241 e. The molecule has 2 N–H and O–H groups in total. The van der Waals surface area contributed by atoms with Gasteiger partial charge in [0.25, 0.3) is 0 Å². The number of sulfonamides is 1. The molecule has 3 rings (SSSR count). The number of rotatable bonds is 8. The zero-order chi connectivity index (χ0) is 20.7. The van der Waals surface area contributed by atoms with E-state index in [0.717, 1.165) is 10.9 Å². The van der Waals surface area contributed by atoms with Crippen LogP contribution >= 0.6 is 0 Å². The van der Waals surface area contributed by atoms with Gasteiger partial charge in [0, 0.05) is 42.3 Å². The number of pyridine rings is 1. The molecular weight excluding hydrogens is 384 g/mol. The summed E-state index contributed by atoms with van der Waals surface area (Å²) in [6.45, 7) is 2.76. The lowest BCUT2D eigenvalue weighted by Crippen LogP contribution is -2.35. The number of hydrogen-bond donors (Lipinski definition) is 2. The van der Waals surface area contributed by atoms with Crippen molar-refractivity contribution in [1.82, 2.24) is 15.0 Å². The van der Waals surface area contributed by atoms with Crippen molar-refractivity contribution in [3.8, 4) is 6.07 Å². The topological polar surface area (TPSA) is 94.9 Å². The first-order chi connectivity index (χ1) is 14.0. The van der Waals surface area contributed by atoms with Crippen LogP contribution in [0.15, 0.2) is 71.9 Å². The average Bonchev–Trinajstić information content (AvgIpc) is 2.75. The molecule has 0 saturated carbocycles. The summed E-state index contributed by atoms with van der Waals surface area (Å²) in [6, 6.07) is 16.3. The minimum atomic E-state index is -3.61. The summed E-state index contributed by atoms with van der Waals surface area (Å²) < 4.78 is 28.0. The molecule has 2 aromatic carbocycles. The molecule has 0 aliphatic carbocycles. The lowest BCUT2D eigenvalue weighted by Gasteiger charge is -2.12. The van der Waals surface area contributed by atoms with Crippen LogP contribution in [-0.4, -0.2) is 32.5 Å². The Morgan fingerprint density at radius 1 is 1.14 bits per heavy atom. The van der Waals surface area contributed by atoms with Gasteiger partial charge in [-0.2, -0.15) is 5.26 Å². The number of benzene rings is 2. The third-order valence-corrected chi connectivity index (χ3v) is 5.95. The minimum absolute atomic E-state index is 0.0683. The first-order valence-electron chi connectivity index (χ1n) is 9.24.